The number of Topliss-reactive ketones (excluding diaryl/α,β-unsaturated/α-hetero) is 1. The van der Waals surface area contributed by atoms with E-state index in [1.165, 1.54) is 11.4 Å². The Morgan fingerprint density at radius 1 is 1.12 bits per heavy atom. The van der Waals surface area contributed by atoms with Crippen LogP contribution in [0.3, 0.4) is 0 Å². The molecule has 1 aromatic carbocycles. The van der Waals surface area contributed by atoms with Crippen LogP contribution in [0.25, 0.3) is 5.78 Å². The number of carbonyl (C=O) groups is 2. The number of esters is 1. The zero-order valence-corrected chi connectivity index (χ0v) is 14.5. The zero-order chi connectivity index (χ0) is 18.1. The van der Waals surface area contributed by atoms with Gasteiger partial charge in [-0.25, -0.2) is 14.3 Å². The Morgan fingerprint density at radius 3 is 2.56 bits per heavy atom. The van der Waals surface area contributed by atoms with Crippen molar-refractivity contribution in [1.29, 1.82) is 0 Å². The Morgan fingerprint density at radius 2 is 1.88 bits per heavy atom. The van der Waals surface area contributed by atoms with Crippen LogP contribution in [0.4, 0.5) is 0 Å². The van der Waals surface area contributed by atoms with E-state index in [0.29, 0.717) is 11.3 Å². The maximum Gasteiger partial charge on any atom is 0.379 e. The molecular formula is C18H18N4O3. The smallest absolute Gasteiger partial charge is 0.379 e. The maximum absolute atomic E-state index is 12.5. The van der Waals surface area contributed by atoms with Crippen LogP contribution in [0.15, 0.2) is 30.5 Å². The average molecular weight is 338 g/mol. The third kappa shape index (κ3) is 3.26. The molecule has 3 aromatic rings. The molecule has 0 unspecified atom stereocenters. The quantitative estimate of drug-likeness (QED) is 0.536. The molecule has 0 aliphatic rings. The Balaban J connectivity index is 1.77. The highest BCUT2D eigenvalue weighted by molar-refractivity contribution is 6.01. The second-order valence-electron chi connectivity index (χ2n) is 5.94. The molecule has 7 nitrogen and oxygen atoms in total. The van der Waals surface area contributed by atoms with Gasteiger partial charge in [-0.05, 0) is 51.0 Å². The van der Waals surface area contributed by atoms with Crippen LogP contribution in [-0.2, 0) is 4.74 Å². The van der Waals surface area contributed by atoms with E-state index in [4.69, 9.17) is 4.74 Å². The first kappa shape index (κ1) is 16.8. The summed E-state index contributed by atoms with van der Waals surface area (Å²) in [6.45, 7) is 7.26. The molecule has 0 N–H and O–H groups in total. The molecule has 0 aliphatic heterocycles. The van der Waals surface area contributed by atoms with Gasteiger partial charge in [-0.2, -0.15) is 4.98 Å². The first-order valence-electron chi connectivity index (χ1n) is 7.87. The third-order valence-electron chi connectivity index (χ3n) is 4.06. The molecule has 0 fully saturated rings. The highest BCUT2D eigenvalue weighted by Gasteiger charge is 2.23. The predicted octanol–water partition coefficient (Wildman–Crippen LogP) is 2.48. The summed E-state index contributed by atoms with van der Waals surface area (Å²) in [5, 5.41) is 4.08. The van der Waals surface area contributed by atoms with Crippen molar-refractivity contribution < 1.29 is 14.3 Å². The van der Waals surface area contributed by atoms with Gasteiger partial charge in [0.2, 0.25) is 5.78 Å². The predicted molar refractivity (Wildman–Crippen MR) is 90.6 cm³/mol. The van der Waals surface area contributed by atoms with E-state index in [2.05, 4.69) is 15.1 Å². The fourth-order valence-corrected chi connectivity index (χ4v) is 2.39. The standard InChI is InChI=1S/C18H18N4O3/c1-10-5-6-14(9-11(10)2)15(23)13(4)25-17(24)16-20-18-19-8-7-12(3)22(18)21-16/h5-9,13H,1-4H3/t13-/m1/s1. The number of rotatable bonds is 4. The highest BCUT2D eigenvalue weighted by Crippen LogP contribution is 2.14. The molecule has 0 saturated heterocycles. The number of benzene rings is 1. The SMILES string of the molecule is Cc1ccc(C(=O)[C@@H](C)OC(=O)c2nc3nccc(C)n3n2)cc1C. The molecule has 0 aliphatic carbocycles. The van der Waals surface area contributed by atoms with E-state index in [-0.39, 0.29) is 11.6 Å². The van der Waals surface area contributed by atoms with E-state index in [1.807, 2.05) is 26.8 Å². The molecule has 7 heteroatoms. The van der Waals surface area contributed by atoms with Gasteiger partial charge in [-0.3, -0.25) is 4.79 Å². The molecule has 0 saturated carbocycles. The van der Waals surface area contributed by atoms with Crippen molar-refractivity contribution in [1.82, 2.24) is 19.6 Å². The van der Waals surface area contributed by atoms with Crippen molar-refractivity contribution in [3.63, 3.8) is 0 Å². The summed E-state index contributed by atoms with van der Waals surface area (Å²) < 4.78 is 6.69. The van der Waals surface area contributed by atoms with Crippen molar-refractivity contribution in [2.45, 2.75) is 33.8 Å². The van der Waals surface area contributed by atoms with Crippen molar-refractivity contribution in [2.75, 3.05) is 0 Å². The van der Waals surface area contributed by atoms with Crippen LogP contribution < -0.4 is 0 Å². The maximum atomic E-state index is 12.5. The molecule has 0 amide bonds. The topological polar surface area (TPSA) is 86.5 Å². The Hall–Kier alpha value is -3.09. The molecule has 128 valence electrons. The van der Waals surface area contributed by atoms with Gasteiger partial charge in [-0.15, -0.1) is 5.10 Å². The van der Waals surface area contributed by atoms with Crippen LogP contribution in [-0.4, -0.2) is 37.4 Å². The van der Waals surface area contributed by atoms with Crippen LogP contribution in [0.1, 0.15) is 44.7 Å². The fraction of sp³-hybridized carbons (Fsp3) is 0.278. The Bertz CT molecular complexity index is 978. The third-order valence-corrected chi connectivity index (χ3v) is 4.06. The number of aryl methyl sites for hydroxylation is 3. The van der Waals surface area contributed by atoms with Crippen LogP contribution in [0.2, 0.25) is 0 Å². The van der Waals surface area contributed by atoms with Gasteiger partial charge in [0.25, 0.3) is 11.6 Å². The van der Waals surface area contributed by atoms with Gasteiger partial charge in [0, 0.05) is 17.5 Å². The first-order chi connectivity index (χ1) is 11.9. The Kier molecular flexibility index (Phi) is 4.31. The van der Waals surface area contributed by atoms with Crippen molar-refractivity contribution in [3.05, 3.63) is 58.7 Å². The summed E-state index contributed by atoms with van der Waals surface area (Å²) in [6, 6.07) is 7.14. The molecule has 0 radical (unpaired) electrons. The molecule has 2 aromatic heterocycles. The number of ketones is 1. The molecule has 0 bridgehead atoms. The minimum absolute atomic E-state index is 0.124. The summed E-state index contributed by atoms with van der Waals surface area (Å²) in [5.74, 6) is -0.842. The number of hydrogen-bond acceptors (Lipinski definition) is 6. The molecule has 25 heavy (non-hydrogen) atoms. The van der Waals surface area contributed by atoms with Crippen LogP contribution in [0, 0.1) is 20.8 Å². The molecule has 1 atom stereocenters. The van der Waals surface area contributed by atoms with Gasteiger partial charge in [0.15, 0.2) is 6.10 Å². The molecule has 0 spiro atoms. The summed E-state index contributed by atoms with van der Waals surface area (Å²) in [6.07, 6.45) is 0.649. The Labute approximate surface area is 144 Å². The second kappa shape index (κ2) is 6.43. The normalized spacial score (nSPS) is 12.2. The number of carbonyl (C=O) groups excluding carboxylic acids is 2. The van der Waals surface area contributed by atoms with E-state index >= 15 is 0 Å². The number of hydrogen-bond donors (Lipinski definition) is 0. The largest absolute Gasteiger partial charge is 0.448 e. The lowest BCUT2D eigenvalue weighted by Gasteiger charge is -2.12. The fourth-order valence-electron chi connectivity index (χ4n) is 2.39. The lowest BCUT2D eigenvalue weighted by molar-refractivity contribution is 0.0307. The van der Waals surface area contributed by atoms with Gasteiger partial charge >= 0.3 is 5.97 Å². The van der Waals surface area contributed by atoms with Gasteiger partial charge in [0.05, 0.1) is 0 Å². The van der Waals surface area contributed by atoms with Gasteiger partial charge in [-0.1, -0.05) is 12.1 Å². The molecular weight excluding hydrogens is 320 g/mol. The van der Waals surface area contributed by atoms with Crippen LogP contribution in [0.5, 0.6) is 0 Å². The minimum Gasteiger partial charge on any atom is -0.448 e. The summed E-state index contributed by atoms with van der Waals surface area (Å²) >= 11 is 0. The number of fused-ring (bicyclic) bond motifs is 1. The van der Waals surface area contributed by atoms with E-state index in [9.17, 15) is 9.59 Å². The second-order valence-corrected chi connectivity index (χ2v) is 5.94. The minimum atomic E-state index is -0.935. The number of aromatic nitrogens is 4. The van der Waals surface area contributed by atoms with Crippen LogP contribution >= 0.6 is 0 Å². The molecule has 3 rings (SSSR count). The lowest BCUT2D eigenvalue weighted by Crippen LogP contribution is -2.25. The average Bonchev–Trinajstić information content (AvgIpc) is 3.02. The van der Waals surface area contributed by atoms with Crippen molar-refractivity contribution >= 4 is 17.5 Å². The number of nitrogens with zero attached hydrogens (tertiary/aromatic N) is 4. The molecule has 2 heterocycles. The van der Waals surface area contributed by atoms with Crippen molar-refractivity contribution in [2.24, 2.45) is 0 Å². The van der Waals surface area contributed by atoms with Gasteiger partial charge in [0.1, 0.15) is 0 Å². The lowest BCUT2D eigenvalue weighted by atomic mass is 10.0. The monoisotopic (exact) mass is 338 g/mol. The summed E-state index contributed by atoms with van der Waals surface area (Å²) in [4.78, 5) is 32.8. The summed E-state index contributed by atoms with van der Waals surface area (Å²) in [5.41, 5.74) is 3.39. The summed E-state index contributed by atoms with van der Waals surface area (Å²) in [7, 11) is 0. The van der Waals surface area contributed by atoms with Gasteiger partial charge < -0.3 is 4.74 Å². The van der Waals surface area contributed by atoms with E-state index in [0.717, 1.165) is 16.8 Å². The first-order valence-corrected chi connectivity index (χ1v) is 7.87. The number of ether oxygens (including phenoxy) is 1. The van der Waals surface area contributed by atoms with Crippen molar-refractivity contribution in [3.8, 4) is 0 Å². The zero-order valence-electron chi connectivity index (χ0n) is 14.5. The van der Waals surface area contributed by atoms with E-state index < -0.39 is 12.1 Å². The van der Waals surface area contributed by atoms with E-state index in [1.54, 1.807) is 24.4 Å². The highest BCUT2D eigenvalue weighted by atomic mass is 16.5.